The molecule has 188 valence electrons. The van der Waals surface area contributed by atoms with Crippen molar-refractivity contribution in [1.82, 2.24) is 5.43 Å². The second-order valence-corrected chi connectivity index (χ2v) is 8.71. The Morgan fingerprint density at radius 1 is 0.917 bits per heavy atom. The fourth-order valence-electron chi connectivity index (χ4n) is 3.11. The Balaban J connectivity index is 1.50. The molecule has 0 fully saturated rings. The summed E-state index contributed by atoms with van der Waals surface area (Å²) in [6.07, 6.45) is 1.55. The first-order valence-electron chi connectivity index (χ1n) is 11.4. The second-order valence-electron chi connectivity index (χ2n) is 7.87. The number of benzene rings is 3. The number of anilines is 1. The first-order chi connectivity index (χ1) is 17.3. The highest BCUT2D eigenvalue weighted by Gasteiger charge is 2.09. The number of carbonyl (C=O) groups is 2. The van der Waals surface area contributed by atoms with Gasteiger partial charge in [-0.05, 0) is 61.9 Å². The van der Waals surface area contributed by atoms with Crippen molar-refractivity contribution in [2.75, 3.05) is 11.9 Å². The summed E-state index contributed by atoms with van der Waals surface area (Å²) in [4.78, 5) is 24.1. The van der Waals surface area contributed by atoms with Gasteiger partial charge in [0.05, 0.1) is 12.8 Å². The minimum Gasteiger partial charge on any atom is -0.490 e. The van der Waals surface area contributed by atoms with Crippen molar-refractivity contribution in [1.29, 1.82) is 0 Å². The zero-order valence-corrected chi connectivity index (χ0v) is 21.5. The van der Waals surface area contributed by atoms with Crippen LogP contribution in [0, 0.1) is 6.92 Å². The number of hydrogen-bond donors (Lipinski definition) is 2. The van der Waals surface area contributed by atoms with E-state index < -0.39 is 0 Å². The fourth-order valence-corrected chi connectivity index (χ4v) is 3.57. The Hall–Kier alpha value is -3.55. The molecule has 0 aliphatic rings. The highest BCUT2D eigenvalue weighted by molar-refractivity contribution is 6.35. The number of ether oxygens (including phenoxy) is 2. The van der Waals surface area contributed by atoms with Crippen molar-refractivity contribution in [3.63, 3.8) is 0 Å². The third-order valence-corrected chi connectivity index (χ3v) is 5.57. The van der Waals surface area contributed by atoms with E-state index in [1.54, 1.807) is 36.4 Å². The van der Waals surface area contributed by atoms with Crippen molar-refractivity contribution < 1.29 is 19.1 Å². The first-order valence-corrected chi connectivity index (χ1v) is 12.1. The number of nitrogens with one attached hydrogen (secondary N) is 2. The molecular formula is C27H27Cl2N3O4. The van der Waals surface area contributed by atoms with Crippen molar-refractivity contribution in [3.05, 3.63) is 87.4 Å². The van der Waals surface area contributed by atoms with Gasteiger partial charge in [-0.1, -0.05) is 47.0 Å². The summed E-state index contributed by atoms with van der Waals surface area (Å²) in [5, 5.41) is 7.81. The van der Waals surface area contributed by atoms with Gasteiger partial charge in [-0.25, -0.2) is 5.43 Å². The van der Waals surface area contributed by atoms with E-state index in [-0.39, 0.29) is 31.3 Å². The molecule has 0 radical (unpaired) electrons. The average molecular weight is 528 g/mol. The maximum Gasteiger partial charge on any atom is 0.240 e. The lowest BCUT2D eigenvalue weighted by molar-refractivity contribution is -0.124. The van der Waals surface area contributed by atoms with Crippen LogP contribution in [0.4, 0.5) is 5.69 Å². The van der Waals surface area contributed by atoms with E-state index in [2.05, 4.69) is 15.8 Å². The fraction of sp³-hybridized carbons (Fsp3) is 0.222. The molecule has 0 saturated carbocycles. The number of rotatable bonds is 11. The highest BCUT2D eigenvalue weighted by atomic mass is 35.5. The molecule has 2 N–H and O–H groups in total. The van der Waals surface area contributed by atoms with E-state index in [4.69, 9.17) is 32.7 Å². The third-order valence-electron chi connectivity index (χ3n) is 4.98. The lowest BCUT2D eigenvalue weighted by Gasteiger charge is -2.13. The summed E-state index contributed by atoms with van der Waals surface area (Å²) >= 11 is 12.2. The molecule has 36 heavy (non-hydrogen) atoms. The number of carbonyl (C=O) groups excluding carboxylic acids is 2. The van der Waals surface area contributed by atoms with Crippen LogP contribution in [0.25, 0.3) is 0 Å². The van der Waals surface area contributed by atoms with Crippen molar-refractivity contribution >= 4 is 46.9 Å². The van der Waals surface area contributed by atoms with Gasteiger partial charge < -0.3 is 14.8 Å². The van der Waals surface area contributed by atoms with Gasteiger partial charge in [0.1, 0.15) is 6.61 Å². The number of hydrogen-bond acceptors (Lipinski definition) is 5. The average Bonchev–Trinajstić information content (AvgIpc) is 2.85. The van der Waals surface area contributed by atoms with Crippen LogP contribution >= 0.6 is 23.2 Å². The zero-order valence-electron chi connectivity index (χ0n) is 20.0. The van der Waals surface area contributed by atoms with Gasteiger partial charge in [-0.3, -0.25) is 9.59 Å². The summed E-state index contributed by atoms with van der Waals surface area (Å²) in [6.45, 7) is 4.53. The predicted molar refractivity (Wildman–Crippen MR) is 143 cm³/mol. The normalized spacial score (nSPS) is 10.8. The van der Waals surface area contributed by atoms with Gasteiger partial charge >= 0.3 is 0 Å². The standard InChI is InChI=1S/C27H27Cl2N3O4/c1-3-35-25-14-19(6-11-24(25)36-17-20-7-8-21(28)15-23(20)29)16-30-32-27(34)13-12-26(33)31-22-9-4-18(2)5-10-22/h4-11,14-16H,3,12-13,17H2,1-2H3,(H,31,33)(H,32,34). The number of nitrogens with zero attached hydrogens (tertiary/aromatic N) is 1. The minimum atomic E-state index is -0.366. The van der Waals surface area contributed by atoms with Gasteiger partial charge in [-0.2, -0.15) is 5.10 Å². The van der Waals surface area contributed by atoms with Gasteiger partial charge in [0.25, 0.3) is 0 Å². The van der Waals surface area contributed by atoms with E-state index in [0.717, 1.165) is 11.1 Å². The monoisotopic (exact) mass is 527 g/mol. The lowest BCUT2D eigenvalue weighted by Crippen LogP contribution is -2.20. The summed E-state index contributed by atoms with van der Waals surface area (Å²) in [6, 6.07) is 18.0. The van der Waals surface area contributed by atoms with Gasteiger partial charge in [0, 0.05) is 34.1 Å². The molecular weight excluding hydrogens is 501 g/mol. The molecule has 3 aromatic carbocycles. The molecule has 0 unspecified atom stereocenters. The summed E-state index contributed by atoms with van der Waals surface area (Å²) < 4.78 is 11.6. The van der Waals surface area contributed by atoms with Crippen LogP contribution in [0.3, 0.4) is 0 Å². The largest absolute Gasteiger partial charge is 0.490 e. The molecule has 7 nitrogen and oxygen atoms in total. The van der Waals surface area contributed by atoms with E-state index >= 15 is 0 Å². The van der Waals surface area contributed by atoms with Crippen LogP contribution in [0.2, 0.25) is 10.0 Å². The lowest BCUT2D eigenvalue weighted by atomic mass is 10.2. The van der Waals surface area contributed by atoms with Crippen molar-refractivity contribution in [2.45, 2.75) is 33.3 Å². The quantitative estimate of drug-likeness (QED) is 0.231. The van der Waals surface area contributed by atoms with Crippen LogP contribution < -0.4 is 20.2 Å². The first kappa shape index (κ1) is 27.0. The molecule has 3 rings (SSSR count). The van der Waals surface area contributed by atoms with Crippen LogP contribution in [0.1, 0.15) is 36.5 Å². The smallest absolute Gasteiger partial charge is 0.240 e. The maximum absolute atomic E-state index is 12.1. The van der Waals surface area contributed by atoms with Crippen molar-refractivity contribution in [3.8, 4) is 11.5 Å². The summed E-state index contributed by atoms with van der Waals surface area (Å²) in [7, 11) is 0. The second kappa shape index (κ2) is 13.5. The van der Waals surface area contributed by atoms with Crippen molar-refractivity contribution in [2.24, 2.45) is 5.10 Å². The number of aryl methyl sites for hydroxylation is 1. The van der Waals surface area contributed by atoms with Crippen LogP contribution in [0.15, 0.2) is 65.8 Å². The molecule has 0 atom stereocenters. The van der Waals surface area contributed by atoms with E-state index in [1.807, 2.05) is 38.1 Å². The number of hydrazone groups is 1. The molecule has 0 aliphatic heterocycles. The molecule has 0 aliphatic carbocycles. The number of amides is 2. The Bertz CT molecular complexity index is 1230. The third kappa shape index (κ3) is 8.59. The Labute approximate surface area is 220 Å². The Kier molecular flexibility index (Phi) is 10.2. The van der Waals surface area contributed by atoms with E-state index in [9.17, 15) is 9.59 Å². The van der Waals surface area contributed by atoms with Gasteiger partial charge in [0.15, 0.2) is 11.5 Å². The molecule has 9 heteroatoms. The van der Waals surface area contributed by atoms with Crippen LogP contribution in [0.5, 0.6) is 11.5 Å². The highest BCUT2D eigenvalue weighted by Crippen LogP contribution is 2.30. The van der Waals surface area contributed by atoms with E-state index in [0.29, 0.717) is 39.4 Å². The molecule has 0 spiro atoms. The minimum absolute atomic E-state index is 0.0132. The molecule has 0 heterocycles. The molecule has 0 bridgehead atoms. The molecule has 0 saturated heterocycles. The van der Waals surface area contributed by atoms with E-state index in [1.165, 1.54) is 6.21 Å². The molecule has 3 aromatic rings. The summed E-state index contributed by atoms with van der Waals surface area (Å²) in [5.74, 6) is 0.472. The Morgan fingerprint density at radius 2 is 1.67 bits per heavy atom. The maximum atomic E-state index is 12.1. The van der Waals surface area contributed by atoms with Crippen LogP contribution in [-0.2, 0) is 16.2 Å². The van der Waals surface area contributed by atoms with Crippen LogP contribution in [-0.4, -0.2) is 24.6 Å². The van der Waals surface area contributed by atoms with Gasteiger partial charge in [-0.15, -0.1) is 0 Å². The molecule has 2 amide bonds. The number of halogens is 2. The van der Waals surface area contributed by atoms with Gasteiger partial charge in [0.2, 0.25) is 11.8 Å². The SMILES string of the molecule is CCOc1cc(C=NNC(=O)CCC(=O)Nc2ccc(C)cc2)ccc1OCc1ccc(Cl)cc1Cl. The summed E-state index contributed by atoms with van der Waals surface area (Å²) in [5.41, 5.74) is 5.72. The molecule has 0 aromatic heterocycles. The Morgan fingerprint density at radius 3 is 2.39 bits per heavy atom. The zero-order chi connectivity index (χ0) is 25.9. The predicted octanol–water partition coefficient (Wildman–Crippen LogP) is 6.15. The topological polar surface area (TPSA) is 89.0 Å².